The average Bonchev–Trinajstić information content (AvgIpc) is 2.74. The van der Waals surface area contributed by atoms with Crippen molar-refractivity contribution in [1.29, 1.82) is 0 Å². The number of para-hydroxylation sites is 1. The number of aliphatic carboxylic acids is 1. The van der Waals surface area contributed by atoms with Gasteiger partial charge in [0.2, 0.25) is 11.9 Å². The van der Waals surface area contributed by atoms with Crippen LogP contribution in [0.25, 0.3) is 11.0 Å². The second-order valence-electron chi connectivity index (χ2n) is 4.37. The molecule has 2 rings (SSSR count). The number of aryl methyl sites for hydroxylation is 1. The fraction of sp³-hybridized carbons (Fsp3) is 0.308. The Bertz CT molecular complexity index is 678. The van der Waals surface area contributed by atoms with Crippen LogP contribution in [0.5, 0.6) is 5.75 Å². The molecule has 1 heterocycles. The minimum atomic E-state index is -1.18. The number of anilines is 1. The SMILES string of the molecule is COc1cccc2c1nc(NC(=O)C(C)C(=O)O)n2C. The molecule has 0 spiro atoms. The van der Waals surface area contributed by atoms with Crippen LogP contribution in [0.3, 0.4) is 0 Å². The summed E-state index contributed by atoms with van der Waals surface area (Å²) in [5.41, 5.74) is 1.39. The molecule has 106 valence electrons. The number of carbonyl (C=O) groups excluding carboxylic acids is 1. The van der Waals surface area contributed by atoms with E-state index in [9.17, 15) is 9.59 Å². The molecule has 7 heteroatoms. The minimum absolute atomic E-state index is 0.280. The predicted octanol–water partition coefficient (Wildman–Crippen LogP) is 1.24. The molecule has 1 atom stereocenters. The number of rotatable bonds is 4. The van der Waals surface area contributed by atoms with Crippen molar-refractivity contribution in [3.05, 3.63) is 18.2 Å². The lowest BCUT2D eigenvalue weighted by molar-refractivity contribution is -0.144. The summed E-state index contributed by atoms with van der Waals surface area (Å²) < 4.78 is 6.87. The van der Waals surface area contributed by atoms with E-state index in [-0.39, 0.29) is 5.95 Å². The third kappa shape index (κ3) is 2.29. The monoisotopic (exact) mass is 277 g/mol. The molecule has 2 N–H and O–H groups in total. The number of aromatic nitrogens is 2. The maximum absolute atomic E-state index is 11.8. The Morgan fingerprint density at radius 2 is 2.15 bits per heavy atom. The van der Waals surface area contributed by atoms with Crippen molar-refractivity contribution in [2.45, 2.75) is 6.92 Å². The average molecular weight is 277 g/mol. The molecule has 1 amide bonds. The highest BCUT2D eigenvalue weighted by molar-refractivity contribution is 6.03. The van der Waals surface area contributed by atoms with E-state index in [2.05, 4.69) is 10.3 Å². The first-order chi connectivity index (χ1) is 9.45. The molecule has 1 unspecified atom stereocenters. The number of ether oxygens (including phenoxy) is 1. The molecule has 0 aliphatic carbocycles. The predicted molar refractivity (Wildman–Crippen MR) is 72.7 cm³/mol. The number of imidazole rings is 1. The number of hydrogen-bond donors (Lipinski definition) is 2. The number of nitrogens with zero attached hydrogens (tertiary/aromatic N) is 2. The van der Waals surface area contributed by atoms with Gasteiger partial charge in [0.1, 0.15) is 17.2 Å². The van der Waals surface area contributed by atoms with Gasteiger partial charge in [-0.15, -0.1) is 0 Å². The highest BCUT2D eigenvalue weighted by atomic mass is 16.5. The number of benzene rings is 1. The van der Waals surface area contributed by atoms with Crippen LogP contribution >= 0.6 is 0 Å². The molecule has 0 aliphatic heterocycles. The lowest BCUT2D eigenvalue weighted by atomic mass is 10.2. The number of carbonyl (C=O) groups is 2. The number of carboxylic acids is 1. The number of fused-ring (bicyclic) bond motifs is 1. The minimum Gasteiger partial charge on any atom is -0.494 e. The summed E-state index contributed by atoms with van der Waals surface area (Å²) in [6, 6.07) is 5.41. The number of methoxy groups -OCH3 is 1. The molecule has 1 aromatic carbocycles. The normalized spacial score (nSPS) is 12.2. The zero-order valence-corrected chi connectivity index (χ0v) is 11.4. The summed E-state index contributed by atoms with van der Waals surface area (Å²) in [6.07, 6.45) is 0. The highest BCUT2D eigenvalue weighted by Crippen LogP contribution is 2.26. The maximum Gasteiger partial charge on any atom is 0.315 e. The Hall–Kier alpha value is -2.57. The van der Waals surface area contributed by atoms with Crippen LogP contribution in [0.1, 0.15) is 6.92 Å². The first-order valence-electron chi connectivity index (χ1n) is 5.98. The number of amides is 1. The smallest absolute Gasteiger partial charge is 0.315 e. The van der Waals surface area contributed by atoms with Gasteiger partial charge in [0.15, 0.2) is 0 Å². The Kier molecular flexibility index (Phi) is 3.60. The van der Waals surface area contributed by atoms with E-state index in [1.54, 1.807) is 17.7 Å². The summed E-state index contributed by atoms with van der Waals surface area (Å²) in [6.45, 7) is 1.32. The van der Waals surface area contributed by atoms with E-state index >= 15 is 0 Å². The van der Waals surface area contributed by atoms with Gasteiger partial charge in [-0.1, -0.05) is 6.07 Å². The third-order valence-corrected chi connectivity index (χ3v) is 3.09. The molecule has 20 heavy (non-hydrogen) atoms. The molecular weight excluding hydrogens is 262 g/mol. The van der Waals surface area contributed by atoms with Gasteiger partial charge in [-0.05, 0) is 19.1 Å². The van der Waals surface area contributed by atoms with Gasteiger partial charge in [0.05, 0.1) is 12.6 Å². The van der Waals surface area contributed by atoms with Crippen LogP contribution in [-0.2, 0) is 16.6 Å². The van der Waals surface area contributed by atoms with Gasteiger partial charge in [-0.2, -0.15) is 0 Å². The zero-order valence-electron chi connectivity index (χ0n) is 11.4. The van der Waals surface area contributed by atoms with Gasteiger partial charge in [0, 0.05) is 7.05 Å². The lowest BCUT2D eigenvalue weighted by Crippen LogP contribution is -2.28. The van der Waals surface area contributed by atoms with Crippen molar-refractivity contribution >= 4 is 28.9 Å². The quantitative estimate of drug-likeness (QED) is 0.820. The maximum atomic E-state index is 11.8. The Labute approximate surface area is 115 Å². The van der Waals surface area contributed by atoms with E-state index in [4.69, 9.17) is 9.84 Å². The summed E-state index contributed by atoms with van der Waals surface area (Å²) in [5, 5.41) is 11.3. The van der Waals surface area contributed by atoms with Crippen LogP contribution in [0.4, 0.5) is 5.95 Å². The van der Waals surface area contributed by atoms with Gasteiger partial charge >= 0.3 is 5.97 Å². The van der Waals surface area contributed by atoms with Gasteiger partial charge < -0.3 is 14.4 Å². The topological polar surface area (TPSA) is 93.4 Å². The van der Waals surface area contributed by atoms with E-state index < -0.39 is 17.8 Å². The Morgan fingerprint density at radius 1 is 1.45 bits per heavy atom. The fourth-order valence-corrected chi connectivity index (χ4v) is 1.80. The lowest BCUT2D eigenvalue weighted by Gasteiger charge is -2.07. The summed E-state index contributed by atoms with van der Waals surface area (Å²) >= 11 is 0. The Balaban J connectivity index is 2.39. The molecule has 0 radical (unpaired) electrons. The van der Waals surface area contributed by atoms with Crippen molar-refractivity contribution in [3.63, 3.8) is 0 Å². The first kappa shape index (κ1) is 13.9. The molecular formula is C13H15N3O4. The van der Waals surface area contributed by atoms with Crippen LogP contribution < -0.4 is 10.1 Å². The van der Waals surface area contributed by atoms with E-state index in [1.165, 1.54) is 14.0 Å². The molecule has 2 aromatic rings. The molecule has 0 aliphatic rings. The van der Waals surface area contributed by atoms with Crippen molar-refractivity contribution in [3.8, 4) is 5.75 Å². The molecule has 0 bridgehead atoms. The molecule has 0 fully saturated rings. The molecule has 0 saturated heterocycles. The standard InChI is InChI=1S/C13H15N3O4/c1-7(12(18)19)11(17)15-13-14-10-8(16(13)2)5-4-6-9(10)20-3/h4-7H,1-3H3,(H,18,19)(H,14,15,17). The number of hydrogen-bond acceptors (Lipinski definition) is 4. The van der Waals surface area contributed by atoms with E-state index in [1.807, 2.05) is 12.1 Å². The van der Waals surface area contributed by atoms with Gasteiger partial charge in [-0.25, -0.2) is 4.98 Å². The van der Waals surface area contributed by atoms with Crippen molar-refractivity contribution < 1.29 is 19.4 Å². The van der Waals surface area contributed by atoms with Crippen LogP contribution in [-0.4, -0.2) is 33.6 Å². The van der Waals surface area contributed by atoms with Crippen molar-refractivity contribution in [2.24, 2.45) is 13.0 Å². The van der Waals surface area contributed by atoms with E-state index in [0.717, 1.165) is 5.52 Å². The largest absolute Gasteiger partial charge is 0.494 e. The number of nitrogens with one attached hydrogen (secondary N) is 1. The van der Waals surface area contributed by atoms with Gasteiger partial charge in [-0.3, -0.25) is 14.9 Å². The molecule has 1 aromatic heterocycles. The van der Waals surface area contributed by atoms with Gasteiger partial charge in [0.25, 0.3) is 0 Å². The zero-order chi connectivity index (χ0) is 14.9. The van der Waals surface area contributed by atoms with E-state index in [0.29, 0.717) is 11.3 Å². The summed E-state index contributed by atoms with van der Waals surface area (Å²) in [5.74, 6) is -2.07. The second-order valence-corrected chi connectivity index (χ2v) is 4.37. The van der Waals surface area contributed by atoms with Crippen LogP contribution in [0, 0.1) is 5.92 Å². The molecule has 7 nitrogen and oxygen atoms in total. The number of carboxylic acid groups (broad SMARTS) is 1. The second kappa shape index (κ2) is 5.20. The van der Waals surface area contributed by atoms with Crippen LogP contribution in [0.2, 0.25) is 0 Å². The molecule has 0 saturated carbocycles. The van der Waals surface area contributed by atoms with Crippen molar-refractivity contribution in [2.75, 3.05) is 12.4 Å². The summed E-state index contributed by atoms with van der Waals surface area (Å²) in [4.78, 5) is 26.8. The highest BCUT2D eigenvalue weighted by Gasteiger charge is 2.22. The third-order valence-electron chi connectivity index (χ3n) is 3.09. The summed E-state index contributed by atoms with van der Waals surface area (Å²) in [7, 11) is 3.27. The fourth-order valence-electron chi connectivity index (χ4n) is 1.80. The Morgan fingerprint density at radius 3 is 2.75 bits per heavy atom. The first-order valence-corrected chi connectivity index (χ1v) is 5.98. The van der Waals surface area contributed by atoms with Crippen LogP contribution in [0.15, 0.2) is 18.2 Å². The van der Waals surface area contributed by atoms with Crippen molar-refractivity contribution in [1.82, 2.24) is 9.55 Å².